The second-order valence-corrected chi connectivity index (χ2v) is 3.31. The van der Waals surface area contributed by atoms with Gasteiger partial charge in [0.15, 0.2) is 5.60 Å². The number of halogens is 3. The lowest BCUT2D eigenvalue weighted by Crippen LogP contribution is -2.39. The van der Waals surface area contributed by atoms with E-state index in [9.17, 15) is 23.1 Å². The van der Waals surface area contributed by atoms with E-state index in [1.165, 1.54) is 12.1 Å². The Labute approximate surface area is 98.1 Å². The number of hydrogen-bond donors (Lipinski definition) is 1. The smallest absolute Gasteiger partial charge is 0.376 e. The summed E-state index contributed by atoms with van der Waals surface area (Å²) in [5, 5.41) is 9.27. The molecule has 17 heavy (non-hydrogen) atoms. The predicted molar refractivity (Wildman–Crippen MR) is 58.8 cm³/mol. The molecule has 0 heterocycles. The van der Waals surface area contributed by atoms with E-state index in [1.807, 2.05) is 13.8 Å². The molecule has 2 nitrogen and oxygen atoms in total. The third-order valence-electron chi connectivity index (χ3n) is 2.16. The summed E-state index contributed by atoms with van der Waals surface area (Å²) in [6.45, 7) is 4.67. The molecule has 0 radical (unpaired) electrons. The van der Waals surface area contributed by atoms with Gasteiger partial charge in [0, 0.05) is 5.56 Å². The van der Waals surface area contributed by atoms with Gasteiger partial charge in [-0.15, -0.1) is 0 Å². The summed E-state index contributed by atoms with van der Waals surface area (Å²) in [5.41, 5.74) is -2.92. The van der Waals surface area contributed by atoms with E-state index >= 15 is 0 Å². The molecule has 0 saturated carbocycles. The fourth-order valence-corrected chi connectivity index (χ4v) is 1.05. The summed E-state index contributed by atoms with van der Waals surface area (Å²) in [7, 11) is 0. The highest BCUT2D eigenvalue weighted by Crippen LogP contribution is 2.38. The Hall–Kier alpha value is -1.36. The predicted octanol–water partition coefficient (Wildman–Crippen LogP) is 3.30. The minimum Gasteiger partial charge on any atom is -0.376 e. The third-order valence-corrected chi connectivity index (χ3v) is 2.16. The Morgan fingerprint density at radius 3 is 1.82 bits per heavy atom. The lowest BCUT2D eigenvalue weighted by Gasteiger charge is -2.26. The molecule has 0 saturated heterocycles. The second-order valence-electron chi connectivity index (χ2n) is 3.31. The molecule has 96 valence electrons. The Kier molecular flexibility index (Phi) is 5.35. The SMILES string of the molecule is CC.CC(O)(c1ccc(C=O)cc1)C(F)(F)F. The van der Waals surface area contributed by atoms with Crippen molar-refractivity contribution in [1.29, 1.82) is 0 Å². The van der Waals surface area contributed by atoms with Crippen molar-refractivity contribution in [2.75, 3.05) is 0 Å². The van der Waals surface area contributed by atoms with E-state index in [1.54, 1.807) is 0 Å². The maximum Gasteiger partial charge on any atom is 0.421 e. The van der Waals surface area contributed by atoms with Crippen LogP contribution in [-0.4, -0.2) is 17.6 Å². The van der Waals surface area contributed by atoms with Crippen molar-refractivity contribution in [3.05, 3.63) is 35.4 Å². The first-order valence-corrected chi connectivity index (χ1v) is 5.14. The molecule has 1 rings (SSSR count). The van der Waals surface area contributed by atoms with Gasteiger partial charge in [0.1, 0.15) is 6.29 Å². The molecule has 0 aliphatic rings. The molecule has 5 heteroatoms. The van der Waals surface area contributed by atoms with E-state index in [0.717, 1.165) is 12.1 Å². The van der Waals surface area contributed by atoms with Gasteiger partial charge in [-0.1, -0.05) is 38.1 Å². The molecule has 0 fully saturated rings. The highest BCUT2D eigenvalue weighted by Gasteiger charge is 2.50. The van der Waals surface area contributed by atoms with Gasteiger partial charge in [0.05, 0.1) is 0 Å². The van der Waals surface area contributed by atoms with Crippen LogP contribution in [0.1, 0.15) is 36.7 Å². The van der Waals surface area contributed by atoms with Crippen LogP contribution in [0.15, 0.2) is 24.3 Å². The van der Waals surface area contributed by atoms with Gasteiger partial charge in [-0.25, -0.2) is 0 Å². The molecular weight excluding hydrogens is 233 g/mol. The molecule has 1 aromatic rings. The molecule has 0 spiro atoms. The number of carbonyl (C=O) groups excluding carboxylic acids is 1. The van der Waals surface area contributed by atoms with E-state index in [4.69, 9.17) is 0 Å². The van der Waals surface area contributed by atoms with Crippen molar-refractivity contribution in [2.24, 2.45) is 0 Å². The minimum absolute atomic E-state index is 0.261. The van der Waals surface area contributed by atoms with Gasteiger partial charge in [0.2, 0.25) is 0 Å². The van der Waals surface area contributed by atoms with Crippen molar-refractivity contribution in [2.45, 2.75) is 32.5 Å². The second kappa shape index (κ2) is 5.82. The maximum atomic E-state index is 12.4. The minimum atomic E-state index is -4.74. The van der Waals surface area contributed by atoms with Crippen molar-refractivity contribution < 1.29 is 23.1 Å². The Bertz CT molecular complexity index is 353. The first-order chi connectivity index (χ1) is 7.79. The first-order valence-electron chi connectivity index (χ1n) is 5.14. The summed E-state index contributed by atoms with van der Waals surface area (Å²) >= 11 is 0. The molecule has 1 aromatic carbocycles. The van der Waals surface area contributed by atoms with Crippen LogP contribution in [0.5, 0.6) is 0 Å². The number of benzene rings is 1. The molecule has 1 atom stereocenters. The largest absolute Gasteiger partial charge is 0.421 e. The standard InChI is InChI=1S/C10H9F3O2.C2H6/c1-9(15,10(11,12)13)8-4-2-7(6-14)3-5-8;1-2/h2-6,15H,1H3;1-2H3. The first kappa shape index (κ1) is 15.6. The van der Waals surface area contributed by atoms with Crippen LogP contribution in [0.4, 0.5) is 13.2 Å². The Balaban J connectivity index is 0.00000121. The summed E-state index contributed by atoms with van der Waals surface area (Å²) in [5.74, 6) is 0. The number of aldehydes is 1. The van der Waals surface area contributed by atoms with Gasteiger partial charge < -0.3 is 5.11 Å². The monoisotopic (exact) mass is 248 g/mol. The summed E-state index contributed by atoms with van der Waals surface area (Å²) < 4.78 is 37.1. The molecule has 0 aliphatic carbocycles. The molecule has 0 aliphatic heterocycles. The van der Waals surface area contributed by atoms with Crippen LogP contribution >= 0.6 is 0 Å². The maximum absolute atomic E-state index is 12.4. The van der Waals surface area contributed by atoms with Gasteiger partial charge >= 0.3 is 6.18 Å². The van der Waals surface area contributed by atoms with Crippen molar-refractivity contribution in [1.82, 2.24) is 0 Å². The molecular formula is C12H15F3O2. The molecule has 1 unspecified atom stereocenters. The average molecular weight is 248 g/mol. The summed E-state index contributed by atoms with van der Waals surface area (Å²) in [4.78, 5) is 10.3. The zero-order valence-corrected chi connectivity index (χ0v) is 9.88. The zero-order chi connectivity index (χ0) is 13.7. The highest BCUT2D eigenvalue weighted by atomic mass is 19.4. The average Bonchev–Trinajstić information content (AvgIpc) is 2.30. The van der Waals surface area contributed by atoms with Gasteiger partial charge in [-0.3, -0.25) is 4.79 Å². The highest BCUT2D eigenvalue weighted by molar-refractivity contribution is 5.74. The molecule has 0 amide bonds. The molecule has 0 aromatic heterocycles. The zero-order valence-electron chi connectivity index (χ0n) is 9.88. The molecule has 0 bridgehead atoms. The Morgan fingerprint density at radius 1 is 1.12 bits per heavy atom. The van der Waals surface area contributed by atoms with Gasteiger partial charge in [-0.2, -0.15) is 13.2 Å². The number of aliphatic hydroxyl groups is 1. The Morgan fingerprint density at radius 2 is 1.53 bits per heavy atom. The van der Waals surface area contributed by atoms with Crippen LogP contribution < -0.4 is 0 Å². The van der Waals surface area contributed by atoms with Gasteiger partial charge in [0.25, 0.3) is 0 Å². The van der Waals surface area contributed by atoms with E-state index in [0.29, 0.717) is 13.2 Å². The lowest BCUT2D eigenvalue weighted by atomic mass is 9.95. The quantitative estimate of drug-likeness (QED) is 0.815. The summed E-state index contributed by atoms with van der Waals surface area (Å²) in [6.07, 6.45) is -4.22. The topological polar surface area (TPSA) is 37.3 Å². The number of carbonyl (C=O) groups is 1. The van der Waals surface area contributed by atoms with Gasteiger partial charge in [-0.05, 0) is 12.5 Å². The van der Waals surface area contributed by atoms with Crippen molar-refractivity contribution in [3.8, 4) is 0 Å². The summed E-state index contributed by atoms with van der Waals surface area (Å²) in [6, 6.07) is 4.61. The molecule has 1 N–H and O–H groups in total. The number of hydrogen-bond acceptors (Lipinski definition) is 2. The van der Waals surface area contributed by atoms with E-state index in [-0.39, 0.29) is 11.1 Å². The van der Waals surface area contributed by atoms with E-state index in [2.05, 4.69) is 0 Å². The van der Waals surface area contributed by atoms with Crippen molar-refractivity contribution in [3.63, 3.8) is 0 Å². The lowest BCUT2D eigenvalue weighted by molar-refractivity contribution is -0.258. The van der Waals surface area contributed by atoms with E-state index < -0.39 is 11.8 Å². The van der Waals surface area contributed by atoms with Crippen LogP contribution in [0.2, 0.25) is 0 Å². The van der Waals surface area contributed by atoms with Crippen LogP contribution in [0.3, 0.4) is 0 Å². The fraction of sp³-hybridized carbons (Fsp3) is 0.417. The van der Waals surface area contributed by atoms with Crippen LogP contribution in [0, 0.1) is 0 Å². The van der Waals surface area contributed by atoms with Crippen LogP contribution in [0.25, 0.3) is 0 Å². The fourth-order valence-electron chi connectivity index (χ4n) is 1.05. The van der Waals surface area contributed by atoms with Crippen LogP contribution in [-0.2, 0) is 5.60 Å². The number of alkyl halides is 3. The van der Waals surface area contributed by atoms with Crippen molar-refractivity contribution >= 4 is 6.29 Å². The normalized spacial score (nSPS) is 14.3. The third kappa shape index (κ3) is 3.56. The number of rotatable bonds is 2.